The highest BCUT2D eigenvalue weighted by molar-refractivity contribution is 5.91. The third-order valence-corrected chi connectivity index (χ3v) is 7.29. The minimum atomic E-state index is -1.18. The molecule has 1 fully saturated rings. The molecule has 1 aliphatic rings. The minimum absolute atomic E-state index is 0.0260. The van der Waals surface area contributed by atoms with Crippen LogP contribution < -0.4 is 20.7 Å². The first-order chi connectivity index (χ1) is 19.1. The van der Waals surface area contributed by atoms with E-state index in [1.54, 1.807) is 0 Å². The number of methoxy groups -OCH3 is 4. The molecule has 2 aromatic heterocycles. The standard InChI is InChI=1S/C28H24O12/c1-35-13-5-11-7-17(39-27(33)19(11)15(29)9-13)21-22(24(26(32)38-4)23(21)25(31)37-3)18-8-12-6-14(36-2)10-16(30)20(12)28(34)40-18/h5-10,21-24,29-30H,1-4H3/t21-,22+,23+,24-. The third kappa shape index (κ3) is 4.08. The summed E-state index contributed by atoms with van der Waals surface area (Å²) in [5.74, 6) is -6.24. The van der Waals surface area contributed by atoms with Crippen molar-refractivity contribution in [1.29, 1.82) is 0 Å². The molecule has 2 N–H and O–H groups in total. The van der Waals surface area contributed by atoms with Crippen LogP contribution in [0.15, 0.2) is 54.8 Å². The Bertz CT molecular complexity index is 1650. The lowest BCUT2D eigenvalue weighted by Gasteiger charge is -2.47. The SMILES string of the molecule is COC(=O)[C@@H]1[C@H](C(=O)OC)[C@@H](c2cc3cc(OC)cc(O)c3c(=O)o2)[C@H]1c1cc2cc(OC)cc(O)c2c(=O)o1. The molecule has 1 aliphatic carbocycles. The second kappa shape index (κ2) is 9.95. The number of aromatic hydroxyl groups is 2. The van der Waals surface area contributed by atoms with Crippen molar-refractivity contribution < 1.29 is 47.6 Å². The molecule has 0 saturated heterocycles. The number of phenolic OH excluding ortho intramolecular Hbond substituents is 2. The molecule has 0 radical (unpaired) electrons. The Balaban J connectivity index is 1.76. The summed E-state index contributed by atoms with van der Waals surface area (Å²) in [6, 6.07) is 8.38. The Labute approximate surface area is 225 Å². The van der Waals surface area contributed by atoms with Gasteiger partial charge in [0.05, 0.1) is 40.3 Å². The predicted octanol–water partition coefficient (Wildman–Crippen LogP) is 2.79. The van der Waals surface area contributed by atoms with Gasteiger partial charge in [0.1, 0.15) is 45.3 Å². The number of carbonyl (C=O) groups is 2. The van der Waals surface area contributed by atoms with Crippen molar-refractivity contribution >= 4 is 33.5 Å². The van der Waals surface area contributed by atoms with Crippen LogP contribution in [0.4, 0.5) is 0 Å². The molecule has 40 heavy (non-hydrogen) atoms. The summed E-state index contributed by atoms with van der Waals surface area (Å²) < 4.78 is 31.4. The molecule has 0 unspecified atom stereocenters. The van der Waals surface area contributed by atoms with Crippen molar-refractivity contribution in [2.24, 2.45) is 11.8 Å². The van der Waals surface area contributed by atoms with E-state index in [1.165, 1.54) is 50.6 Å². The maximum absolute atomic E-state index is 13.0. The van der Waals surface area contributed by atoms with Gasteiger partial charge in [-0.05, 0) is 35.0 Å². The zero-order valence-corrected chi connectivity index (χ0v) is 21.8. The van der Waals surface area contributed by atoms with E-state index in [0.29, 0.717) is 0 Å². The van der Waals surface area contributed by atoms with E-state index in [2.05, 4.69) is 0 Å². The Morgan fingerprint density at radius 1 is 0.650 bits per heavy atom. The molecule has 2 aromatic carbocycles. The minimum Gasteiger partial charge on any atom is -0.507 e. The molecule has 208 valence electrons. The molecule has 1 saturated carbocycles. The number of carbonyl (C=O) groups excluding carboxylic acids is 2. The van der Waals surface area contributed by atoms with Gasteiger partial charge in [0.2, 0.25) is 0 Å². The highest BCUT2D eigenvalue weighted by Gasteiger charge is 2.62. The number of hydrogen-bond donors (Lipinski definition) is 2. The van der Waals surface area contributed by atoms with Crippen molar-refractivity contribution in [2.45, 2.75) is 11.8 Å². The van der Waals surface area contributed by atoms with Crippen LogP contribution in [0, 0.1) is 11.8 Å². The van der Waals surface area contributed by atoms with Crippen molar-refractivity contribution in [1.82, 2.24) is 0 Å². The van der Waals surface area contributed by atoms with Gasteiger partial charge >= 0.3 is 23.2 Å². The summed E-state index contributed by atoms with van der Waals surface area (Å²) >= 11 is 0. The van der Waals surface area contributed by atoms with Gasteiger partial charge in [-0.15, -0.1) is 0 Å². The molecule has 5 rings (SSSR count). The van der Waals surface area contributed by atoms with E-state index in [4.69, 9.17) is 27.8 Å². The van der Waals surface area contributed by atoms with Crippen molar-refractivity contribution in [3.8, 4) is 23.0 Å². The van der Waals surface area contributed by atoms with Gasteiger partial charge in [-0.1, -0.05) is 0 Å². The average Bonchev–Trinajstić information content (AvgIpc) is 2.91. The lowest BCUT2D eigenvalue weighted by molar-refractivity contribution is -0.170. The van der Waals surface area contributed by atoms with Gasteiger partial charge in [0.25, 0.3) is 0 Å². The van der Waals surface area contributed by atoms with Crippen LogP contribution in [0.2, 0.25) is 0 Å². The van der Waals surface area contributed by atoms with Crippen LogP contribution in [-0.2, 0) is 19.1 Å². The molecule has 4 aromatic rings. The maximum Gasteiger partial charge on any atom is 0.347 e. The van der Waals surface area contributed by atoms with Gasteiger partial charge < -0.3 is 38.0 Å². The molecular formula is C28H24O12. The van der Waals surface area contributed by atoms with Crippen LogP contribution in [0.5, 0.6) is 23.0 Å². The van der Waals surface area contributed by atoms with Crippen LogP contribution in [0.25, 0.3) is 21.5 Å². The highest BCUT2D eigenvalue weighted by Crippen LogP contribution is 2.59. The first kappa shape index (κ1) is 26.6. The number of rotatable bonds is 6. The molecule has 0 aliphatic heterocycles. The Morgan fingerprint density at radius 2 is 1.02 bits per heavy atom. The number of phenols is 2. The molecule has 0 spiro atoms. The summed E-state index contributed by atoms with van der Waals surface area (Å²) in [6.07, 6.45) is 0. The first-order valence-corrected chi connectivity index (χ1v) is 12.0. The molecule has 0 bridgehead atoms. The van der Waals surface area contributed by atoms with Gasteiger partial charge in [-0.25, -0.2) is 9.59 Å². The molecular weight excluding hydrogens is 528 g/mol. The Hall–Kier alpha value is -5.00. The van der Waals surface area contributed by atoms with E-state index >= 15 is 0 Å². The fraction of sp³-hybridized carbons (Fsp3) is 0.286. The number of benzene rings is 2. The number of ether oxygens (including phenoxy) is 4. The lowest BCUT2D eigenvalue weighted by atomic mass is 9.54. The Morgan fingerprint density at radius 3 is 1.35 bits per heavy atom. The smallest absolute Gasteiger partial charge is 0.347 e. The third-order valence-electron chi connectivity index (χ3n) is 7.29. The van der Waals surface area contributed by atoms with Gasteiger partial charge in [-0.3, -0.25) is 9.59 Å². The second-order valence-electron chi connectivity index (χ2n) is 9.24. The maximum atomic E-state index is 13.0. The van der Waals surface area contributed by atoms with Crippen molar-refractivity contribution in [3.05, 3.63) is 68.8 Å². The van der Waals surface area contributed by atoms with Crippen LogP contribution in [-0.4, -0.2) is 50.6 Å². The monoisotopic (exact) mass is 552 g/mol. The van der Waals surface area contributed by atoms with Crippen LogP contribution in [0.1, 0.15) is 23.4 Å². The Kier molecular flexibility index (Phi) is 6.62. The lowest BCUT2D eigenvalue weighted by Crippen LogP contribution is -2.52. The summed E-state index contributed by atoms with van der Waals surface area (Å²) in [4.78, 5) is 51.8. The summed E-state index contributed by atoms with van der Waals surface area (Å²) in [7, 11) is 5.06. The van der Waals surface area contributed by atoms with E-state index in [1.807, 2.05) is 0 Å². The van der Waals surface area contributed by atoms with Crippen LogP contribution in [0.3, 0.4) is 0 Å². The van der Waals surface area contributed by atoms with E-state index in [-0.39, 0.29) is 56.1 Å². The quantitative estimate of drug-likeness (QED) is 0.336. The highest BCUT2D eigenvalue weighted by atomic mass is 16.5. The van der Waals surface area contributed by atoms with E-state index < -0.39 is 46.9 Å². The van der Waals surface area contributed by atoms with Gasteiger partial charge in [0.15, 0.2) is 0 Å². The molecule has 4 atom stereocenters. The number of fused-ring (bicyclic) bond motifs is 2. The molecule has 2 heterocycles. The first-order valence-electron chi connectivity index (χ1n) is 12.0. The fourth-order valence-corrected chi connectivity index (χ4v) is 5.48. The van der Waals surface area contributed by atoms with Crippen molar-refractivity contribution in [2.75, 3.05) is 28.4 Å². The zero-order valence-electron chi connectivity index (χ0n) is 21.8. The van der Waals surface area contributed by atoms with Gasteiger partial charge in [0, 0.05) is 24.0 Å². The van der Waals surface area contributed by atoms with Crippen molar-refractivity contribution in [3.63, 3.8) is 0 Å². The topological polar surface area (TPSA) is 172 Å². The molecule has 12 nitrogen and oxygen atoms in total. The molecule has 12 heteroatoms. The van der Waals surface area contributed by atoms with E-state index in [9.17, 15) is 29.4 Å². The summed E-state index contributed by atoms with van der Waals surface area (Å²) in [5.41, 5.74) is -1.79. The summed E-state index contributed by atoms with van der Waals surface area (Å²) in [6.45, 7) is 0. The van der Waals surface area contributed by atoms with Gasteiger partial charge in [-0.2, -0.15) is 0 Å². The molecule has 0 amide bonds. The normalized spacial score (nSPS) is 20.1. The average molecular weight is 552 g/mol. The number of hydrogen-bond acceptors (Lipinski definition) is 12. The largest absolute Gasteiger partial charge is 0.507 e. The fourth-order valence-electron chi connectivity index (χ4n) is 5.48. The summed E-state index contributed by atoms with van der Waals surface area (Å²) in [5, 5.41) is 21.0. The number of esters is 2. The zero-order chi connectivity index (χ0) is 28.9. The predicted molar refractivity (Wildman–Crippen MR) is 138 cm³/mol. The van der Waals surface area contributed by atoms with E-state index in [0.717, 1.165) is 14.2 Å². The van der Waals surface area contributed by atoms with Crippen LogP contribution >= 0.6 is 0 Å². The second-order valence-corrected chi connectivity index (χ2v) is 9.24.